The summed E-state index contributed by atoms with van der Waals surface area (Å²) in [6, 6.07) is 5.70. The van der Waals surface area contributed by atoms with Crippen LogP contribution in [0, 0.1) is 5.82 Å². The lowest BCUT2D eigenvalue weighted by Crippen LogP contribution is -2.03. The summed E-state index contributed by atoms with van der Waals surface area (Å²) in [6.07, 6.45) is 2.10. The second-order valence-electron chi connectivity index (χ2n) is 3.65. The molecule has 96 valence electrons. The fraction of sp³-hybridized carbons (Fsp3) is 0.154. The summed E-state index contributed by atoms with van der Waals surface area (Å²) in [4.78, 5) is 10.9. The van der Waals surface area contributed by atoms with Gasteiger partial charge in [-0.3, -0.25) is 0 Å². The molecule has 0 aliphatic rings. The van der Waals surface area contributed by atoms with Gasteiger partial charge in [-0.1, -0.05) is 12.1 Å². The smallest absolute Gasteiger partial charge is 0.331 e. The van der Waals surface area contributed by atoms with Gasteiger partial charge in [0, 0.05) is 11.8 Å². The van der Waals surface area contributed by atoms with E-state index in [0.717, 1.165) is 11.6 Å². The number of carboxylic acid groups (broad SMARTS) is 1. The summed E-state index contributed by atoms with van der Waals surface area (Å²) in [5, 5.41) is 8.88. The van der Waals surface area contributed by atoms with E-state index in [2.05, 4.69) is 0 Å². The van der Waals surface area contributed by atoms with Gasteiger partial charge in [0.2, 0.25) is 0 Å². The number of allylic oxidation sites excluding steroid dienone is 2. The Morgan fingerprint density at radius 2 is 1.94 bits per heavy atom. The van der Waals surface area contributed by atoms with Crippen molar-refractivity contribution in [3.63, 3.8) is 0 Å². The number of hydrogen-bond donors (Lipinski definition) is 2. The van der Waals surface area contributed by atoms with Gasteiger partial charge in [0.25, 0.3) is 0 Å². The lowest BCUT2D eigenvalue weighted by molar-refractivity contribution is -0.132. The van der Waals surface area contributed by atoms with Crippen LogP contribution in [0.15, 0.2) is 47.9 Å². The van der Waals surface area contributed by atoms with Crippen molar-refractivity contribution in [1.29, 1.82) is 0 Å². The fourth-order valence-corrected chi connectivity index (χ4v) is 1.39. The summed E-state index contributed by atoms with van der Waals surface area (Å²) >= 11 is 0. The van der Waals surface area contributed by atoms with E-state index < -0.39 is 11.8 Å². The Hall–Kier alpha value is -2.17. The molecule has 18 heavy (non-hydrogen) atoms. The predicted molar refractivity (Wildman–Crippen MR) is 63.8 cm³/mol. The van der Waals surface area contributed by atoms with Crippen LogP contribution in [0.5, 0.6) is 0 Å². The molecule has 0 unspecified atom stereocenters. The SMILES string of the molecule is N/C=C(F)\C=C(/CCc1ccc(F)cc1)C(=O)O. The van der Waals surface area contributed by atoms with Crippen LogP contribution >= 0.6 is 0 Å². The molecule has 1 rings (SSSR count). The number of benzene rings is 1. The molecule has 0 bridgehead atoms. The maximum Gasteiger partial charge on any atom is 0.331 e. The zero-order chi connectivity index (χ0) is 13.5. The lowest BCUT2D eigenvalue weighted by Gasteiger charge is -2.03. The molecule has 0 aliphatic heterocycles. The van der Waals surface area contributed by atoms with Crippen LogP contribution in [0.2, 0.25) is 0 Å². The van der Waals surface area contributed by atoms with Crippen molar-refractivity contribution in [3.05, 3.63) is 59.3 Å². The van der Waals surface area contributed by atoms with Gasteiger partial charge >= 0.3 is 5.97 Å². The first kappa shape index (κ1) is 13.9. The van der Waals surface area contributed by atoms with Crippen LogP contribution in [-0.4, -0.2) is 11.1 Å². The molecule has 1 aromatic carbocycles. The number of aliphatic carboxylic acids is 1. The van der Waals surface area contributed by atoms with Crippen molar-refractivity contribution in [3.8, 4) is 0 Å². The van der Waals surface area contributed by atoms with Gasteiger partial charge in [-0.2, -0.15) is 0 Å². The van der Waals surface area contributed by atoms with Crippen LogP contribution in [0.1, 0.15) is 12.0 Å². The summed E-state index contributed by atoms with van der Waals surface area (Å²) in [5.74, 6) is -2.36. The highest BCUT2D eigenvalue weighted by Gasteiger charge is 2.08. The van der Waals surface area contributed by atoms with Crippen LogP contribution in [-0.2, 0) is 11.2 Å². The van der Waals surface area contributed by atoms with Gasteiger partial charge in [-0.05, 0) is 36.6 Å². The van der Waals surface area contributed by atoms with Gasteiger partial charge in [-0.15, -0.1) is 0 Å². The summed E-state index contributed by atoms with van der Waals surface area (Å²) < 4.78 is 25.5. The van der Waals surface area contributed by atoms with Gasteiger partial charge in [0.1, 0.15) is 11.6 Å². The molecule has 0 heterocycles. The van der Waals surface area contributed by atoms with Gasteiger partial charge in [0.05, 0.1) is 0 Å². The predicted octanol–water partition coefficient (Wildman–Crippen LogP) is 2.54. The largest absolute Gasteiger partial charge is 0.478 e. The Labute approximate surface area is 103 Å². The van der Waals surface area contributed by atoms with Crippen LogP contribution in [0.3, 0.4) is 0 Å². The van der Waals surface area contributed by atoms with Gasteiger partial charge in [0.15, 0.2) is 0 Å². The number of halogens is 2. The van der Waals surface area contributed by atoms with E-state index >= 15 is 0 Å². The molecule has 0 fully saturated rings. The van der Waals surface area contributed by atoms with Crippen molar-refractivity contribution in [2.75, 3.05) is 0 Å². The second-order valence-corrected chi connectivity index (χ2v) is 3.65. The first-order valence-electron chi connectivity index (χ1n) is 5.28. The van der Waals surface area contributed by atoms with Crippen LogP contribution < -0.4 is 5.73 Å². The molecule has 0 aromatic heterocycles. The summed E-state index contributed by atoms with van der Waals surface area (Å²) in [7, 11) is 0. The molecule has 5 heteroatoms. The van der Waals surface area contributed by atoms with Crippen molar-refractivity contribution in [1.82, 2.24) is 0 Å². The standard InChI is InChI=1S/C13H13F2NO2/c14-11-5-2-9(3-6-11)1-4-10(13(17)18)7-12(15)8-16/h2-3,5-8H,1,4,16H2,(H,17,18)/b10-7+,12-8+. The number of nitrogens with two attached hydrogens (primary N) is 1. The zero-order valence-corrected chi connectivity index (χ0v) is 9.57. The number of aryl methyl sites for hydroxylation is 1. The topological polar surface area (TPSA) is 63.3 Å². The molecule has 0 spiro atoms. The van der Waals surface area contributed by atoms with Gasteiger partial charge in [-0.25, -0.2) is 13.6 Å². The highest BCUT2D eigenvalue weighted by molar-refractivity contribution is 5.87. The van der Waals surface area contributed by atoms with E-state index in [4.69, 9.17) is 10.8 Å². The fourth-order valence-electron chi connectivity index (χ4n) is 1.39. The Bertz CT molecular complexity index is 478. The van der Waals surface area contributed by atoms with Crippen LogP contribution in [0.25, 0.3) is 0 Å². The average Bonchev–Trinajstić information content (AvgIpc) is 2.35. The van der Waals surface area contributed by atoms with Crippen molar-refractivity contribution < 1.29 is 18.7 Å². The van der Waals surface area contributed by atoms with E-state index in [1.54, 1.807) is 12.1 Å². The third-order valence-electron chi connectivity index (χ3n) is 2.34. The molecule has 0 saturated carbocycles. The Morgan fingerprint density at radius 1 is 1.33 bits per heavy atom. The number of carbonyl (C=O) groups is 1. The van der Waals surface area contributed by atoms with E-state index in [-0.39, 0.29) is 17.8 Å². The highest BCUT2D eigenvalue weighted by atomic mass is 19.1. The van der Waals surface area contributed by atoms with E-state index in [1.807, 2.05) is 0 Å². The first-order valence-corrected chi connectivity index (χ1v) is 5.28. The van der Waals surface area contributed by atoms with E-state index in [0.29, 0.717) is 12.6 Å². The monoisotopic (exact) mass is 253 g/mol. The van der Waals surface area contributed by atoms with Crippen molar-refractivity contribution >= 4 is 5.97 Å². The Morgan fingerprint density at radius 3 is 2.44 bits per heavy atom. The third-order valence-corrected chi connectivity index (χ3v) is 2.34. The maximum atomic E-state index is 12.9. The minimum Gasteiger partial charge on any atom is -0.478 e. The highest BCUT2D eigenvalue weighted by Crippen LogP contribution is 2.13. The first-order chi connectivity index (χ1) is 8.52. The Kier molecular flexibility index (Phi) is 5.05. The third kappa shape index (κ3) is 4.37. The van der Waals surface area contributed by atoms with E-state index in [1.165, 1.54) is 12.1 Å². The normalized spacial score (nSPS) is 12.6. The molecule has 0 radical (unpaired) electrons. The number of rotatable bonds is 5. The molecule has 3 nitrogen and oxygen atoms in total. The number of hydrogen-bond acceptors (Lipinski definition) is 2. The van der Waals surface area contributed by atoms with Crippen molar-refractivity contribution in [2.45, 2.75) is 12.8 Å². The molecule has 0 saturated heterocycles. The molecule has 1 aromatic rings. The quantitative estimate of drug-likeness (QED) is 0.626. The van der Waals surface area contributed by atoms with E-state index in [9.17, 15) is 13.6 Å². The molecule has 0 amide bonds. The van der Waals surface area contributed by atoms with Gasteiger partial charge < -0.3 is 10.8 Å². The lowest BCUT2D eigenvalue weighted by atomic mass is 10.0. The Balaban J connectivity index is 2.72. The zero-order valence-electron chi connectivity index (χ0n) is 9.57. The molecule has 0 aliphatic carbocycles. The minimum absolute atomic E-state index is 0.0847. The molecular formula is C13H13F2NO2. The molecule has 0 atom stereocenters. The maximum absolute atomic E-state index is 12.9. The van der Waals surface area contributed by atoms with Crippen LogP contribution in [0.4, 0.5) is 8.78 Å². The molecule has 3 N–H and O–H groups in total. The summed E-state index contributed by atoms with van der Waals surface area (Å²) in [6.45, 7) is 0. The molecular weight excluding hydrogens is 240 g/mol. The number of carboxylic acids is 1. The summed E-state index contributed by atoms with van der Waals surface area (Å²) in [5.41, 5.74) is 5.62. The minimum atomic E-state index is -1.20. The van der Waals surface area contributed by atoms with Crippen molar-refractivity contribution in [2.24, 2.45) is 5.73 Å². The average molecular weight is 253 g/mol. The second kappa shape index (κ2) is 6.54.